The predicted octanol–water partition coefficient (Wildman–Crippen LogP) is 1.12. The lowest BCUT2D eigenvalue weighted by Crippen LogP contribution is -2.41. The second kappa shape index (κ2) is 7.46. The van der Waals surface area contributed by atoms with Crippen LogP contribution in [-0.4, -0.2) is 83.5 Å². The lowest BCUT2D eigenvalue weighted by molar-refractivity contribution is 0.374. The van der Waals surface area contributed by atoms with Crippen LogP contribution in [0.5, 0.6) is 0 Å². The maximum absolute atomic E-state index is 12.9. The topological polar surface area (TPSA) is 74.6 Å². The van der Waals surface area contributed by atoms with E-state index < -0.39 is 10.2 Å². The second-order valence-corrected chi connectivity index (χ2v) is 9.67. The van der Waals surface area contributed by atoms with E-state index >= 15 is 0 Å². The molecule has 2 aromatic heterocycles. The van der Waals surface area contributed by atoms with Crippen LogP contribution in [0.2, 0.25) is 0 Å². The SMILES string of the molecule is CN(C)CCn1nc(C2CCN(S(=O)(=O)N3CCCC3)C2)c2cccnc21. The Kier molecular flexibility index (Phi) is 5.19. The smallest absolute Gasteiger partial charge is 0.281 e. The standard InChI is InChI=1S/C18H28N6O2S/c1-21(2)12-13-24-18-16(6-5-8-19-18)17(20-24)15-7-11-23(14-15)27(25,26)22-9-3-4-10-22/h5-6,8,15H,3-4,7,9-14H2,1-2H3. The summed E-state index contributed by atoms with van der Waals surface area (Å²) in [5.74, 6) is 0.120. The Bertz CT molecular complexity index is 904. The van der Waals surface area contributed by atoms with Crippen LogP contribution in [0, 0.1) is 0 Å². The van der Waals surface area contributed by atoms with Crippen LogP contribution >= 0.6 is 0 Å². The molecule has 1 unspecified atom stereocenters. The van der Waals surface area contributed by atoms with Gasteiger partial charge in [-0.15, -0.1) is 0 Å². The number of fused-ring (bicyclic) bond motifs is 1. The van der Waals surface area contributed by atoms with Crippen molar-refractivity contribution in [2.45, 2.75) is 31.7 Å². The van der Waals surface area contributed by atoms with Gasteiger partial charge in [0.25, 0.3) is 10.2 Å². The van der Waals surface area contributed by atoms with Gasteiger partial charge in [-0.1, -0.05) is 0 Å². The largest absolute Gasteiger partial charge is 0.308 e. The molecule has 0 N–H and O–H groups in total. The third-order valence-electron chi connectivity index (χ3n) is 5.55. The Morgan fingerprint density at radius 3 is 2.70 bits per heavy atom. The van der Waals surface area contributed by atoms with Crippen LogP contribution in [0.4, 0.5) is 0 Å². The number of aromatic nitrogens is 3. The molecule has 2 aliphatic heterocycles. The monoisotopic (exact) mass is 392 g/mol. The number of rotatable bonds is 6. The molecule has 0 aromatic carbocycles. The van der Waals surface area contributed by atoms with Crippen molar-refractivity contribution in [2.24, 2.45) is 0 Å². The Hall–Kier alpha value is -1.55. The highest BCUT2D eigenvalue weighted by Gasteiger charge is 2.38. The zero-order valence-electron chi connectivity index (χ0n) is 16.1. The first kappa shape index (κ1) is 18.8. The molecular weight excluding hydrogens is 364 g/mol. The molecule has 0 aliphatic carbocycles. The molecule has 2 saturated heterocycles. The van der Waals surface area contributed by atoms with Crippen LogP contribution < -0.4 is 0 Å². The van der Waals surface area contributed by atoms with Crippen molar-refractivity contribution in [2.75, 3.05) is 46.8 Å². The molecule has 4 heterocycles. The van der Waals surface area contributed by atoms with Crippen LogP contribution in [0.1, 0.15) is 30.9 Å². The van der Waals surface area contributed by atoms with Crippen LogP contribution in [0.15, 0.2) is 18.3 Å². The van der Waals surface area contributed by atoms with Gasteiger partial charge in [-0.3, -0.25) is 0 Å². The number of likely N-dealkylation sites (N-methyl/N-ethyl adjacent to an activating group) is 1. The molecule has 0 bridgehead atoms. The molecule has 0 radical (unpaired) electrons. The summed E-state index contributed by atoms with van der Waals surface area (Å²) < 4.78 is 31.0. The molecule has 2 fully saturated rings. The number of hydrogen-bond donors (Lipinski definition) is 0. The van der Waals surface area contributed by atoms with E-state index in [1.165, 1.54) is 0 Å². The molecule has 4 rings (SSSR count). The van der Waals surface area contributed by atoms with Crippen LogP contribution in [-0.2, 0) is 16.8 Å². The van der Waals surface area contributed by atoms with Gasteiger partial charge in [0.05, 0.1) is 12.2 Å². The van der Waals surface area contributed by atoms with Gasteiger partial charge in [0.2, 0.25) is 0 Å². The maximum atomic E-state index is 12.9. The zero-order valence-corrected chi connectivity index (χ0v) is 16.9. The van der Waals surface area contributed by atoms with E-state index in [0.717, 1.165) is 49.1 Å². The molecule has 0 amide bonds. The highest BCUT2D eigenvalue weighted by molar-refractivity contribution is 7.86. The van der Waals surface area contributed by atoms with Gasteiger partial charge in [0.15, 0.2) is 5.65 Å². The van der Waals surface area contributed by atoms with E-state index in [9.17, 15) is 8.42 Å². The van der Waals surface area contributed by atoms with E-state index in [1.807, 2.05) is 24.8 Å². The van der Waals surface area contributed by atoms with Crippen molar-refractivity contribution in [3.8, 4) is 0 Å². The van der Waals surface area contributed by atoms with Gasteiger partial charge in [-0.25, -0.2) is 9.67 Å². The predicted molar refractivity (Wildman–Crippen MR) is 105 cm³/mol. The van der Waals surface area contributed by atoms with E-state index in [4.69, 9.17) is 5.10 Å². The summed E-state index contributed by atoms with van der Waals surface area (Å²) in [4.78, 5) is 6.64. The molecule has 27 heavy (non-hydrogen) atoms. The maximum Gasteiger partial charge on any atom is 0.281 e. The zero-order chi connectivity index (χ0) is 19.0. The highest BCUT2D eigenvalue weighted by atomic mass is 32.2. The molecule has 2 aliphatic rings. The summed E-state index contributed by atoms with van der Waals surface area (Å²) in [5.41, 5.74) is 1.87. The van der Waals surface area contributed by atoms with Crippen molar-refractivity contribution in [3.63, 3.8) is 0 Å². The summed E-state index contributed by atoms with van der Waals surface area (Å²) in [5, 5.41) is 5.89. The lowest BCUT2D eigenvalue weighted by Gasteiger charge is -2.23. The Morgan fingerprint density at radius 1 is 1.19 bits per heavy atom. The van der Waals surface area contributed by atoms with Gasteiger partial charge >= 0.3 is 0 Å². The van der Waals surface area contributed by atoms with Crippen molar-refractivity contribution in [1.29, 1.82) is 0 Å². The fraction of sp³-hybridized carbons (Fsp3) is 0.667. The molecule has 2 aromatic rings. The first-order valence-electron chi connectivity index (χ1n) is 9.68. The quantitative estimate of drug-likeness (QED) is 0.737. The van der Waals surface area contributed by atoms with E-state index in [1.54, 1.807) is 14.8 Å². The van der Waals surface area contributed by atoms with Gasteiger partial charge < -0.3 is 4.90 Å². The minimum absolute atomic E-state index is 0.120. The molecule has 0 spiro atoms. The molecule has 0 saturated carbocycles. The lowest BCUT2D eigenvalue weighted by atomic mass is 10.0. The molecule has 148 valence electrons. The number of nitrogens with zero attached hydrogens (tertiary/aromatic N) is 6. The van der Waals surface area contributed by atoms with Crippen molar-refractivity contribution >= 4 is 21.2 Å². The van der Waals surface area contributed by atoms with Gasteiger partial charge in [-0.2, -0.15) is 22.1 Å². The number of pyridine rings is 1. The fourth-order valence-electron chi connectivity index (χ4n) is 4.03. The van der Waals surface area contributed by atoms with Gasteiger partial charge in [0, 0.05) is 50.2 Å². The molecule has 9 heteroatoms. The summed E-state index contributed by atoms with van der Waals surface area (Å²) in [7, 11) is 0.742. The first-order valence-corrected chi connectivity index (χ1v) is 11.1. The first-order chi connectivity index (χ1) is 13.0. The van der Waals surface area contributed by atoms with Gasteiger partial charge in [0.1, 0.15) is 0 Å². The van der Waals surface area contributed by atoms with Crippen molar-refractivity contribution in [3.05, 3.63) is 24.0 Å². The Morgan fingerprint density at radius 2 is 1.96 bits per heavy atom. The minimum Gasteiger partial charge on any atom is -0.308 e. The van der Waals surface area contributed by atoms with E-state index in [-0.39, 0.29) is 5.92 Å². The van der Waals surface area contributed by atoms with E-state index in [0.29, 0.717) is 26.2 Å². The van der Waals surface area contributed by atoms with E-state index in [2.05, 4.69) is 16.0 Å². The fourth-order valence-corrected chi connectivity index (χ4v) is 5.78. The summed E-state index contributed by atoms with van der Waals surface area (Å²) in [6, 6.07) is 3.98. The summed E-state index contributed by atoms with van der Waals surface area (Å²) in [6.07, 6.45) is 4.52. The van der Waals surface area contributed by atoms with Crippen molar-refractivity contribution in [1.82, 2.24) is 28.3 Å². The average molecular weight is 393 g/mol. The van der Waals surface area contributed by atoms with Crippen LogP contribution in [0.3, 0.4) is 0 Å². The Balaban J connectivity index is 1.58. The average Bonchev–Trinajstić information content (AvgIpc) is 3.38. The third kappa shape index (κ3) is 3.61. The third-order valence-corrected chi connectivity index (χ3v) is 7.55. The Labute approximate surface area is 160 Å². The minimum atomic E-state index is -3.34. The highest BCUT2D eigenvalue weighted by Crippen LogP contribution is 2.33. The van der Waals surface area contributed by atoms with Crippen molar-refractivity contribution < 1.29 is 8.42 Å². The second-order valence-electron chi connectivity index (χ2n) is 7.74. The van der Waals surface area contributed by atoms with Gasteiger partial charge in [-0.05, 0) is 45.5 Å². The normalized spacial score (nSPS) is 22.4. The van der Waals surface area contributed by atoms with Crippen LogP contribution in [0.25, 0.3) is 11.0 Å². The molecule has 1 atom stereocenters. The summed E-state index contributed by atoms with van der Waals surface area (Å²) >= 11 is 0. The summed E-state index contributed by atoms with van der Waals surface area (Å²) in [6.45, 7) is 4.02. The molecule has 8 nitrogen and oxygen atoms in total. The number of hydrogen-bond acceptors (Lipinski definition) is 5. The molecular formula is C18H28N6O2S.